The number of aliphatic imine (C=N–C) groups is 1. The summed E-state index contributed by atoms with van der Waals surface area (Å²) < 4.78 is 0. The number of rotatable bonds is 19. The molecule has 6 amide bonds. The highest BCUT2D eigenvalue weighted by molar-refractivity contribution is 5.96. The van der Waals surface area contributed by atoms with E-state index in [0.29, 0.717) is 45.2 Å². The Hall–Kier alpha value is -3.95. The minimum atomic E-state index is -1.28. The van der Waals surface area contributed by atoms with Crippen LogP contribution in [-0.4, -0.2) is 107 Å². The van der Waals surface area contributed by atoms with Gasteiger partial charge in [0.1, 0.15) is 30.2 Å². The number of likely N-dealkylation sites (N-methyl/N-ethyl adjacent to an activating group) is 1. The van der Waals surface area contributed by atoms with Gasteiger partial charge in [-0.2, -0.15) is 0 Å². The number of nitrogens with two attached hydrogens (primary N) is 2. The number of hydrogen-bond acceptors (Lipinski definition) is 8. The van der Waals surface area contributed by atoms with Crippen LogP contribution in [0, 0.1) is 5.92 Å². The second-order valence-corrected chi connectivity index (χ2v) is 11.7. The lowest BCUT2D eigenvalue weighted by Gasteiger charge is -2.31. The molecule has 46 heavy (non-hydrogen) atoms. The maximum atomic E-state index is 13.8. The van der Waals surface area contributed by atoms with Gasteiger partial charge in [0.25, 0.3) is 0 Å². The minimum absolute atomic E-state index is 0.104. The Labute approximate surface area is 271 Å². The van der Waals surface area contributed by atoms with E-state index in [1.807, 2.05) is 13.8 Å². The maximum Gasteiger partial charge on any atom is 0.245 e. The van der Waals surface area contributed by atoms with Crippen LogP contribution in [0.4, 0.5) is 0 Å². The third kappa shape index (κ3) is 12.8. The van der Waals surface area contributed by atoms with Gasteiger partial charge in [-0.25, -0.2) is 0 Å². The molecule has 1 aliphatic rings. The number of nitrogens with zero attached hydrogens (tertiary/aromatic N) is 2. The number of nitrogens with one attached hydrogen (secondary N) is 5. The molecule has 0 aromatic rings. The van der Waals surface area contributed by atoms with Gasteiger partial charge in [0, 0.05) is 26.6 Å². The monoisotopic (exact) mass is 653 g/mol. The van der Waals surface area contributed by atoms with Crippen molar-refractivity contribution in [2.45, 2.75) is 123 Å². The van der Waals surface area contributed by atoms with Gasteiger partial charge in [-0.05, 0) is 51.9 Å². The summed E-state index contributed by atoms with van der Waals surface area (Å²) in [5, 5.41) is 23.3. The molecule has 1 aliphatic heterocycles. The molecule has 16 nitrogen and oxygen atoms in total. The second-order valence-electron chi connectivity index (χ2n) is 11.7. The summed E-state index contributed by atoms with van der Waals surface area (Å²) in [6.07, 6.45) is 1.68. The fourth-order valence-electron chi connectivity index (χ4n) is 5.22. The van der Waals surface area contributed by atoms with E-state index in [1.165, 1.54) is 18.7 Å². The smallest absolute Gasteiger partial charge is 0.245 e. The van der Waals surface area contributed by atoms with E-state index in [1.54, 1.807) is 13.8 Å². The van der Waals surface area contributed by atoms with Crippen LogP contribution in [0.3, 0.4) is 0 Å². The lowest BCUT2D eigenvalue weighted by Crippen LogP contribution is -2.61. The number of amides is 6. The van der Waals surface area contributed by atoms with Crippen molar-refractivity contribution in [2.24, 2.45) is 22.4 Å². The number of carbonyl (C=O) groups is 6. The Morgan fingerprint density at radius 3 is 2.07 bits per heavy atom. The first-order valence-electron chi connectivity index (χ1n) is 16.2. The van der Waals surface area contributed by atoms with E-state index in [0.717, 1.165) is 0 Å². The molecular weight excluding hydrogens is 598 g/mol. The molecule has 0 bridgehead atoms. The van der Waals surface area contributed by atoms with Crippen molar-refractivity contribution < 1.29 is 33.9 Å². The van der Waals surface area contributed by atoms with Crippen LogP contribution in [-0.2, 0) is 28.8 Å². The van der Waals surface area contributed by atoms with Crippen molar-refractivity contribution in [1.82, 2.24) is 31.5 Å². The number of carbonyl (C=O) groups excluding carboxylic acids is 6. The SMILES string of the molecule is CCC[C@@H](NC(=O)[C@@H](NC(C)=O)[C@@H](C)O)C(=O)N[C@H](C(=O)N[C@@H](CCCN=C(N)N)C(=O)N1CCC[C@H]1C(=O)NCC)[C@@H](C)CC. The van der Waals surface area contributed by atoms with Crippen molar-refractivity contribution in [2.75, 3.05) is 19.6 Å². The number of guanidine groups is 1. The van der Waals surface area contributed by atoms with Crippen LogP contribution < -0.4 is 38.1 Å². The van der Waals surface area contributed by atoms with Crippen LogP contribution in [0.2, 0.25) is 0 Å². The highest BCUT2D eigenvalue weighted by Crippen LogP contribution is 2.20. The fraction of sp³-hybridized carbons (Fsp3) is 0.767. The van der Waals surface area contributed by atoms with E-state index in [4.69, 9.17) is 11.5 Å². The van der Waals surface area contributed by atoms with E-state index in [-0.39, 0.29) is 37.2 Å². The Kier molecular flexibility index (Phi) is 17.6. The summed E-state index contributed by atoms with van der Waals surface area (Å²) in [4.78, 5) is 83.6. The highest BCUT2D eigenvalue weighted by Gasteiger charge is 2.39. The molecule has 262 valence electrons. The van der Waals surface area contributed by atoms with Gasteiger partial charge in [-0.15, -0.1) is 0 Å². The quantitative estimate of drug-likeness (QED) is 0.0451. The first-order valence-corrected chi connectivity index (χ1v) is 16.2. The Balaban J connectivity index is 3.23. The Bertz CT molecular complexity index is 1080. The molecule has 0 unspecified atom stereocenters. The van der Waals surface area contributed by atoms with E-state index in [2.05, 4.69) is 31.6 Å². The summed E-state index contributed by atoms with van der Waals surface area (Å²) in [5.41, 5.74) is 10.9. The molecule has 0 aromatic heterocycles. The average Bonchev–Trinajstić information content (AvgIpc) is 3.49. The van der Waals surface area contributed by atoms with E-state index in [9.17, 15) is 33.9 Å². The molecule has 1 rings (SSSR count). The van der Waals surface area contributed by atoms with Crippen LogP contribution in [0.25, 0.3) is 0 Å². The third-order valence-electron chi connectivity index (χ3n) is 7.88. The summed E-state index contributed by atoms with van der Waals surface area (Å²) >= 11 is 0. The van der Waals surface area contributed by atoms with Crippen LogP contribution in [0.5, 0.6) is 0 Å². The summed E-state index contributed by atoms with van der Waals surface area (Å²) in [6.45, 7) is 10.8. The van der Waals surface area contributed by atoms with Crippen molar-refractivity contribution in [1.29, 1.82) is 0 Å². The zero-order chi connectivity index (χ0) is 35.0. The molecule has 10 N–H and O–H groups in total. The van der Waals surface area contributed by atoms with Gasteiger partial charge in [0.2, 0.25) is 35.4 Å². The fourth-order valence-corrected chi connectivity index (χ4v) is 5.22. The molecule has 1 heterocycles. The average molecular weight is 654 g/mol. The summed E-state index contributed by atoms with van der Waals surface area (Å²) in [6, 6.07) is -5.08. The Morgan fingerprint density at radius 1 is 0.891 bits per heavy atom. The summed E-state index contributed by atoms with van der Waals surface area (Å²) in [7, 11) is 0. The number of likely N-dealkylation sites (tertiary alicyclic amines) is 1. The van der Waals surface area contributed by atoms with Crippen molar-refractivity contribution in [3.63, 3.8) is 0 Å². The van der Waals surface area contributed by atoms with Crippen molar-refractivity contribution >= 4 is 41.4 Å². The zero-order valence-corrected chi connectivity index (χ0v) is 28.1. The van der Waals surface area contributed by atoms with E-state index >= 15 is 0 Å². The number of aliphatic hydroxyl groups excluding tert-OH is 1. The van der Waals surface area contributed by atoms with Gasteiger partial charge in [0.15, 0.2) is 5.96 Å². The minimum Gasteiger partial charge on any atom is -0.391 e. The number of aliphatic hydroxyl groups is 1. The maximum absolute atomic E-state index is 13.8. The topological polar surface area (TPSA) is 250 Å². The van der Waals surface area contributed by atoms with Crippen LogP contribution in [0.1, 0.15) is 86.5 Å². The Morgan fingerprint density at radius 2 is 1.52 bits per heavy atom. The molecule has 0 spiro atoms. The van der Waals surface area contributed by atoms with Crippen molar-refractivity contribution in [3.05, 3.63) is 0 Å². The predicted molar refractivity (Wildman–Crippen MR) is 173 cm³/mol. The lowest BCUT2D eigenvalue weighted by atomic mass is 9.96. The molecule has 0 aromatic carbocycles. The molecule has 7 atom stereocenters. The largest absolute Gasteiger partial charge is 0.391 e. The second kappa shape index (κ2) is 20.2. The molecule has 1 saturated heterocycles. The van der Waals surface area contributed by atoms with Crippen LogP contribution in [0.15, 0.2) is 4.99 Å². The first-order chi connectivity index (χ1) is 21.7. The molecular formula is C30H55N9O7. The van der Waals surface area contributed by atoms with Gasteiger partial charge in [-0.1, -0.05) is 33.6 Å². The molecule has 1 fully saturated rings. The van der Waals surface area contributed by atoms with Crippen LogP contribution >= 0.6 is 0 Å². The lowest BCUT2D eigenvalue weighted by molar-refractivity contribution is -0.142. The van der Waals surface area contributed by atoms with Gasteiger partial charge >= 0.3 is 0 Å². The molecule has 0 saturated carbocycles. The molecule has 0 radical (unpaired) electrons. The highest BCUT2D eigenvalue weighted by atomic mass is 16.3. The van der Waals surface area contributed by atoms with Gasteiger partial charge in [0.05, 0.1) is 6.10 Å². The number of hydrogen-bond donors (Lipinski definition) is 8. The molecule has 0 aliphatic carbocycles. The predicted octanol–water partition coefficient (Wildman–Crippen LogP) is -1.65. The third-order valence-corrected chi connectivity index (χ3v) is 7.88. The zero-order valence-electron chi connectivity index (χ0n) is 28.1. The first kappa shape index (κ1) is 40.1. The van der Waals surface area contributed by atoms with Crippen molar-refractivity contribution in [3.8, 4) is 0 Å². The molecule has 16 heteroatoms. The van der Waals surface area contributed by atoms with Gasteiger partial charge < -0.3 is 48.1 Å². The standard InChI is InChI=1S/C30H55N9O7/c1-7-12-20(36-28(45)24(18(5)40)35-19(6)41)25(42)38-23(17(4)8-2)27(44)37-21(13-10-15-34-30(31)32)29(46)39-16-11-14-22(39)26(43)33-9-3/h17-18,20-24,40H,7-16H2,1-6H3,(H,33,43)(H,35,41)(H,36,45)(H,37,44)(H,38,42)(H4,31,32,34)/t17-,18+,20+,21-,22-,23-,24-/m0/s1. The van der Waals surface area contributed by atoms with E-state index < -0.39 is 65.8 Å². The summed E-state index contributed by atoms with van der Waals surface area (Å²) in [5.74, 6) is -3.65. The normalized spacial score (nSPS) is 18.2. The van der Waals surface area contributed by atoms with Gasteiger partial charge in [-0.3, -0.25) is 33.8 Å².